The van der Waals surface area contributed by atoms with Crippen molar-refractivity contribution in [1.29, 1.82) is 0 Å². The molecule has 1 atom stereocenters. The van der Waals surface area contributed by atoms with Crippen LogP contribution in [-0.2, 0) is 4.79 Å². The number of ether oxygens (including phenoxy) is 1. The molecule has 34 heavy (non-hydrogen) atoms. The van der Waals surface area contributed by atoms with E-state index in [1.54, 1.807) is 42.5 Å². The topological polar surface area (TPSA) is 53.0 Å². The van der Waals surface area contributed by atoms with Gasteiger partial charge in [0.05, 0.1) is 17.4 Å². The van der Waals surface area contributed by atoms with Crippen LogP contribution < -0.4 is 9.75 Å². The predicted molar refractivity (Wildman–Crippen MR) is 123 cm³/mol. The molecule has 8 heteroatoms. The molecule has 0 bridgehead atoms. The molecule has 0 aliphatic carbocycles. The van der Waals surface area contributed by atoms with Crippen LogP contribution in [0.4, 0.5) is 18.9 Å². The minimum absolute atomic E-state index is 0.0197. The number of esters is 1. The van der Waals surface area contributed by atoms with Crippen LogP contribution in [0.2, 0.25) is 0 Å². The lowest BCUT2D eigenvalue weighted by Crippen LogP contribution is -2.47. The molecule has 5 nitrogen and oxygen atoms in total. The molecule has 0 fully saturated rings. The molecular formula is C26H23F3N2O3. The Morgan fingerprint density at radius 1 is 0.971 bits per heavy atom. The monoisotopic (exact) mass is 468 g/mol. The van der Waals surface area contributed by atoms with Gasteiger partial charge in [-0.2, -0.15) is 5.01 Å². The number of nitrogens with zero attached hydrogens (tertiary/aromatic N) is 2. The molecule has 0 saturated carbocycles. The molecule has 3 aromatic carbocycles. The van der Waals surface area contributed by atoms with Gasteiger partial charge in [0, 0.05) is 12.5 Å². The van der Waals surface area contributed by atoms with Crippen molar-refractivity contribution in [3.8, 4) is 11.5 Å². The lowest BCUT2D eigenvalue weighted by atomic mass is 9.93. The third-order valence-corrected chi connectivity index (χ3v) is 5.55. The predicted octanol–water partition coefficient (Wildman–Crippen LogP) is 6.44. The highest BCUT2D eigenvalue weighted by Gasteiger charge is 2.52. The van der Waals surface area contributed by atoms with Gasteiger partial charge >= 0.3 is 12.3 Å². The fourth-order valence-electron chi connectivity index (χ4n) is 4.24. The Balaban J connectivity index is 1.94. The number of benzene rings is 3. The van der Waals surface area contributed by atoms with E-state index >= 15 is 0 Å². The highest BCUT2D eigenvalue weighted by molar-refractivity contribution is 5.77. The van der Waals surface area contributed by atoms with E-state index in [1.807, 2.05) is 6.92 Å². The van der Waals surface area contributed by atoms with Gasteiger partial charge in [-0.3, -0.25) is 9.80 Å². The van der Waals surface area contributed by atoms with E-state index in [2.05, 4.69) is 0 Å². The van der Waals surface area contributed by atoms with Crippen LogP contribution in [0.5, 0.6) is 11.5 Å². The summed E-state index contributed by atoms with van der Waals surface area (Å²) in [5, 5.41) is 11.4. The van der Waals surface area contributed by atoms with E-state index in [4.69, 9.17) is 4.74 Å². The Morgan fingerprint density at radius 2 is 1.59 bits per heavy atom. The van der Waals surface area contributed by atoms with Crippen molar-refractivity contribution in [2.24, 2.45) is 0 Å². The third-order valence-electron chi connectivity index (χ3n) is 5.55. The molecule has 0 saturated heterocycles. The zero-order valence-electron chi connectivity index (χ0n) is 18.6. The minimum Gasteiger partial charge on any atom is -0.508 e. The molecule has 4 rings (SSSR count). The average molecular weight is 468 g/mol. The van der Waals surface area contributed by atoms with E-state index in [-0.39, 0.29) is 17.2 Å². The highest BCUT2D eigenvalue weighted by Crippen LogP contribution is 2.51. The van der Waals surface area contributed by atoms with Crippen LogP contribution in [0.1, 0.15) is 37.4 Å². The number of phenolic OH excluding ortho intramolecular Hbond substituents is 1. The number of carbonyl (C=O) groups is 1. The molecule has 176 valence electrons. The zero-order chi connectivity index (χ0) is 24.5. The first-order chi connectivity index (χ1) is 16.2. The Labute approximate surface area is 195 Å². The first kappa shape index (κ1) is 23.2. The van der Waals surface area contributed by atoms with Crippen molar-refractivity contribution in [2.75, 3.05) is 5.01 Å². The number of hydrazine groups is 1. The van der Waals surface area contributed by atoms with E-state index < -0.39 is 18.3 Å². The first-order valence-electron chi connectivity index (χ1n) is 10.7. The van der Waals surface area contributed by atoms with Crippen LogP contribution >= 0.6 is 0 Å². The summed E-state index contributed by atoms with van der Waals surface area (Å²) >= 11 is 0. The molecule has 0 radical (unpaired) electrons. The first-order valence-corrected chi connectivity index (χ1v) is 10.7. The number of rotatable bonds is 5. The van der Waals surface area contributed by atoms with Crippen LogP contribution in [0, 0.1) is 0 Å². The summed E-state index contributed by atoms with van der Waals surface area (Å²) in [5.41, 5.74) is 1.90. The van der Waals surface area contributed by atoms with Crippen LogP contribution in [0.25, 0.3) is 5.70 Å². The number of halogens is 3. The number of hydrogen-bond donors (Lipinski definition) is 1. The second-order valence-electron chi connectivity index (χ2n) is 7.80. The lowest BCUT2D eigenvalue weighted by Gasteiger charge is -2.38. The number of phenols is 1. The Bertz CT molecular complexity index is 1190. The van der Waals surface area contributed by atoms with E-state index in [9.17, 15) is 23.1 Å². The standard InChI is InChI=1S/C26H23F3N2O3/c1-3-23-24(18-9-13-21(33)14-10-18)30(20-7-5-4-6-8-20)31(26(27,28)29)25(23)19-11-15-22(16-12-19)34-17(2)32/h4-16,24,33H,3H2,1-2H3. The highest BCUT2D eigenvalue weighted by atomic mass is 19.4. The van der Waals surface area contributed by atoms with Gasteiger partial charge in [0.15, 0.2) is 0 Å². The normalized spacial score (nSPS) is 16.2. The van der Waals surface area contributed by atoms with Crippen molar-refractivity contribution in [3.05, 3.63) is 95.6 Å². The average Bonchev–Trinajstić information content (AvgIpc) is 3.16. The number of para-hydroxylation sites is 1. The van der Waals surface area contributed by atoms with Crippen molar-refractivity contribution >= 4 is 17.4 Å². The van der Waals surface area contributed by atoms with Gasteiger partial charge in [0.2, 0.25) is 0 Å². The van der Waals surface area contributed by atoms with Crippen LogP contribution in [-0.4, -0.2) is 22.4 Å². The van der Waals surface area contributed by atoms with Gasteiger partial charge in [-0.1, -0.05) is 37.3 Å². The Morgan fingerprint density at radius 3 is 2.12 bits per heavy atom. The number of anilines is 1. The molecule has 0 aromatic heterocycles. The molecule has 0 amide bonds. The van der Waals surface area contributed by atoms with E-state index in [0.717, 1.165) is 0 Å². The summed E-state index contributed by atoms with van der Waals surface area (Å²) < 4.78 is 49.1. The molecule has 3 aromatic rings. The molecule has 1 heterocycles. The lowest BCUT2D eigenvalue weighted by molar-refractivity contribution is -0.224. The van der Waals surface area contributed by atoms with E-state index in [0.29, 0.717) is 33.8 Å². The van der Waals surface area contributed by atoms with Gasteiger partial charge in [0.1, 0.15) is 11.5 Å². The third kappa shape index (κ3) is 4.44. The maximum Gasteiger partial charge on any atom is 0.503 e. The summed E-state index contributed by atoms with van der Waals surface area (Å²) in [4.78, 5) is 11.2. The summed E-state index contributed by atoms with van der Waals surface area (Å²) in [7, 11) is 0. The summed E-state index contributed by atoms with van der Waals surface area (Å²) in [5.74, 6) is -0.230. The van der Waals surface area contributed by atoms with Gasteiger partial charge in [-0.25, -0.2) is 0 Å². The minimum atomic E-state index is -4.73. The summed E-state index contributed by atoms with van der Waals surface area (Å²) in [6.07, 6.45) is -4.38. The smallest absolute Gasteiger partial charge is 0.503 e. The quantitative estimate of drug-likeness (QED) is 0.265. The second-order valence-corrected chi connectivity index (χ2v) is 7.80. The molecule has 1 aliphatic rings. The molecule has 1 unspecified atom stereocenters. The maximum atomic E-state index is 14.7. The van der Waals surface area contributed by atoms with Crippen molar-refractivity contribution in [3.63, 3.8) is 0 Å². The summed E-state index contributed by atoms with van der Waals surface area (Å²) in [6.45, 7) is 3.08. The number of aromatic hydroxyl groups is 1. The number of hydrogen-bond acceptors (Lipinski definition) is 5. The van der Waals surface area contributed by atoms with Gasteiger partial charge in [0.25, 0.3) is 0 Å². The number of carbonyl (C=O) groups excluding carboxylic acids is 1. The van der Waals surface area contributed by atoms with Crippen LogP contribution in [0.15, 0.2) is 84.4 Å². The number of alkyl halides is 3. The fraction of sp³-hybridized carbons (Fsp3) is 0.192. The largest absolute Gasteiger partial charge is 0.508 e. The van der Waals surface area contributed by atoms with Gasteiger partial charge in [-0.05, 0) is 66.1 Å². The molecule has 1 aliphatic heterocycles. The van der Waals surface area contributed by atoms with Crippen molar-refractivity contribution < 1.29 is 27.8 Å². The van der Waals surface area contributed by atoms with Crippen molar-refractivity contribution in [2.45, 2.75) is 32.6 Å². The van der Waals surface area contributed by atoms with E-state index in [1.165, 1.54) is 48.3 Å². The fourth-order valence-corrected chi connectivity index (χ4v) is 4.24. The van der Waals surface area contributed by atoms with Gasteiger partial charge < -0.3 is 9.84 Å². The van der Waals surface area contributed by atoms with Crippen molar-refractivity contribution in [1.82, 2.24) is 5.01 Å². The summed E-state index contributed by atoms with van der Waals surface area (Å²) in [6, 6.07) is 19.8. The zero-order valence-corrected chi connectivity index (χ0v) is 18.6. The second kappa shape index (κ2) is 9.13. The molecule has 0 spiro atoms. The van der Waals surface area contributed by atoms with Crippen LogP contribution in [0.3, 0.4) is 0 Å². The van der Waals surface area contributed by atoms with Gasteiger partial charge in [-0.15, -0.1) is 13.2 Å². The molecule has 1 N–H and O–H groups in total. The molecular weight excluding hydrogens is 445 g/mol. The Kier molecular flexibility index (Phi) is 6.24. The Hall–Kier alpha value is -3.94. The SMILES string of the molecule is CCC1=C(c2ccc(OC(C)=O)cc2)N(C(F)(F)F)N(c2ccccc2)C1c1ccc(O)cc1. The maximum absolute atomic E-state index is 14.7.